The number of nitrogens with zero attached hydrogens (tertiary/aromatic N) is 4. The number of carbonyl (C=O) groups is 2. The van der Waals surface area contributed by atoms with Gasteiger partial charge in [0.05, 0.1) is 18.0 Å². The molecule has 134 valence electrons. The summed E-state index contributed by atoms with van der Waals surface area (Å²) in [6.45, 7) is 3.64. The van der Waals surface area contributed by atoms with Crippen LogP contribution in [0.1, 0.15) is 33.6 Å². The lowest BCUT2D eigenvalue weighted by atomic mass is 10.3. The summed E-state index contributed by atoms with van der Waals surface area (Å²) >= 11 is 7.09. The van der Waals surface area contributed by atoms with E-state index in [9.17, 15) is 9.59 Å². The van der Waals surface area contributed by atoms with Crippen molar-refractivity contribution in [2.75, 3.05) is 11.9 Å². The predicted octanol–water partition coefficient (Wildman–Crippen LogP) is 3.11. The Labute approximate surface area is 157 Å². The molecule has 1 amide bonds. The average Bonchev–Trinajstić information content (AvgIpc) is 3.22. The molecule has 0 aliphatic rings. The van der Waals surface area contributed by atoms with Crippen LogP contribution in [0.15, 0.2) is 29.6 Å². The fourth-order valence-electron chi connectivity index (χ4n) is 2.09. The fraction of sp³-hybridized carbons (Fsp3) is 0.188. The maximum absolute atomic E-state index is 12.4. The molecule has 1 aromatic carbocycles. The zero-order valence-electron chi connectivity index (χ0n) is 13.9. The van der Waals surface area contributed by atoms with Gasteiger partial charge in [0.2, 0.25) is 0 Å². The molecule has 26 heavy (non-hydrogen) atoms. The van der Waals surface area contributed by atoms with E-state index in [1.54, 1.807) is 38.1 Å². The monoisotopic (exact) mass is 391 g/mol. The lowest BCUT2D eigenvalue weighted by molar-refractivity contribution is 0.0520. The molecule has 0 aliphatic heterocycles. The number of rotatable bonds is 5. The van der Waals surface area contributed by atoms with E-state index < -0.39 is 11.9 Å². The van der Waals surface area contributed by atoms with Crippen LogP contribution in [0, 0.1) is 6.92 Å². The van der Waals surface area contributed by atoms with Crippen LogP contribution >= 0.6 is 22.9 Å². The van der Waals surface area contributed by atoms with Crippen LogP contribution in [0.25, 0.3) is 5.69 Å². The second-order valence-corrected chi connectivity index (χ2v) is 6.41. The Kier molecular flexibility index (Phi) is 5.29. The standard InChI is InChI=1S/C16H14ClN5O3S/c1-3-25-15(24)12-8-26-16(18-12)19-14(23)13-9(2)20-22(21-13)11-6-4-5-10(17)7-11/h4-8H,3H2,1-2H3,(H,18,19,23). The van der Waals surface area contributed by atoms with Gasteiger partial charge in [-0.15, -0.1) is 16.4 Å². The Morgan fingerprint density at radius 1 is 1.35 bits per heavy atom. The number of hydrogen-bond acceptors (Lipinski definition) is 7. The second-order valence-electron chi connectivity index (χ2n) is 5.12. The van der Waals surface area contributed by atoms with Crippen LogP contribution in [0.3, 0.4) is 0 Å². The first-order valence-electron chi connectivity index (χ1n) is 7.62. The highest BCUT2D eigenvalue weighted by molar-refractivity contribution is 7.14. The summed E-state index contributed by atoms with van der Waals surface area (Å²) in [6.07, 6.45) is 0. The van der Waals surface area contributed by atoms with Gasteiger partial charge in [0.15, 0.2) is 16.5 Å². The minimum absolute atomic E-state index is 0.145. The SMILES string of the molecule is CCOC(=O)c1csc(NC(=O)c2nn(-c3cccc(Cl)c3)nc2C)n1. The van der Waals surface area contributed by atoms with Crippen LogP contribution in [0.2, 0.25) is 5.02 Å². The number of esters is 1. The van der Waals surface area contributed by atoms with E-state index in [1.165, 1.54) is 10.2 Å². The van der Waals surface area contributed by atoms with Crippen molar-refractivity contribution in [2.24, 2.45) is 0 Å². The lowest BCUT2D eigenvalue weighted by Gasteiger charge is -2.00. The first-order valence-corrected chi connectivity index (χ1v) is 8.87. The topological polar surface area (TPSA) is 99.0 Å². The molecule has 0 spiro atoms. The molecular formula is C16H14ClN5O3S. The van der Waals surface area contributed by atoms with Crippen LogP contribution in [0.4, 0.5) is 5.13 Å². The molecule has 3 rings (SSSR count). The molecule has 0 atom stereocenters. The molecule has 3 aromatic rings. The minimum Gasteiger partial charge on any atom is -0.461 e. The van der Waals surface area contributed by atoms with E-state index in [0.29, 0.717) is 16.4 Å². The van der Waals surface area contributed by atoms with Gasteiger partial charge in [-0.05, 0) is 32.0 Å². The van der Waals surface area contributed by atoms with Crippen LogP contribution < -0.4 is 5.32 Å². The highest BCUT2D eigenvalue weighted by Crippen LogP contribution is 2.18. The Morgan fingerprint density at radius 2 is 2.15 bits per heavy atom. The molecule has 0 bridgehead atoms. The van der Waals surface area contributed by atoms with E-state index in [1.807, 2.05) is 0 Å². The molecule has 0 unspecified atom stereocenters. The smallest absolute Gasteiger partial charge is 0.357 e. The first kappa shape index (κ1) is 18.0. The third-order valence-electron chi connectivity index (χ3n) is 3.25. The van der Waals surface area contributed by atoms with E-state index in [4.69, 9.17) is 16.3 Å². The number of ether oxygens (including phenoxy) is 1. The van der Waals surface area contributed by atoms with Gasteiger partial charge >= 0.3 is 5.97 Å². The van der Waals surface area contributed by atoms with Crippen molar-refractivity contribution in [3.63, 3.8) is 0 Å². The van der Waals surface area contributed by atoms with Gasteiger partial charge in [-0.2, -0.15) is 9.90 Å². The quantitative estimate of drug-likeness (QED) is 0.671. The first-order chi connectivity index (χ1) is 12.5. The van der Waals surface area contributed by atoms with E-state index in [0.717, 1.165) is 11.3 Å². The third kappa shape index (κ3) is 3.89. The van der Waals surface area contributed by atoms with Gasteiger partial charge < -0.3 is 4.74 Å². The molecule has 0 saturated carbocycles. The van der Waals surface area contributed by atoms with Crippen LogP contribution in [-0.4, -0.2) is 38.5 Å². The summed E-state index contributed by atoms with van der Waals surface area (Å²) in [5.41, 5.74) is 1.38. The Hall–Kier alpha value is -2.78. The summed E-state index contributed by atoms with van der Waals surface area (Å²) in [7, 11) is 0. The zero-order valence-corrected chi connectivity index (χ0v) is 15.5. The van der Waals surface area contributed by atoms with Crippen molar-refractivity contribution in [1.29, 1.82) is 0 Å². The second kappa shape index (κ2) is 7.63. The molecule has 2 heterocycles. The molecule has 8 nitrogen and oxygen atoms in total. The van der Waals surface area contributed by atoms with Gasteiger partial charge in [-0.3, -0.25) is 10.1 Å². The number of aryl methyl sites for hydroxylation is 1. The number of aromatic nitrogens is 4. The maximum Gasteiger partial charge on any atom is 0.357 e. The maximum atomic E-state index is 12.4. The van der Waals surface area contributed by atoms with Crippen LogP contribution in [0.5, 0.6) is 0 Å². The number of thiazole rings is 1. The van der Waals surface area contributed by atoms with Gasteiger partial charge in [0.1, 0.15) is 0 Å². The molecule has 0 fully saturated rings. The van der Waals surface area contributed by atoms with Crippen molar-refractivity contribution in [3.05, 3.63) is 51.7 Å². The third-order valence-corrected chi connectivity index (χ3v) is 4.24. The van der Waals surface area contributed by atoms with Crippen molar-refractivity contribution in [2.45, 2.75) is 13.8 Å². The number of nitrogens with one attached hydrogen (secondary N) is 1. The van der Waals surface area contributed by atoms with Crippen molar-refractivity contribution >= 4 is 39.9 Å². The van der Waals surface area contributed by atoms with E-state index in [-0.39, 0.29) is 23.1 Å². The zero-order chi connectivity index (χ0) is 18.7. The van der Waals surface area contributed by atoms with E-state index >= 15 is 0 Å². The molecule has 0 aliphatic carbocycles. The van der Waals surface area contributed by atoms with Crippen molar-refractivity contribution in [3.8, 4) is 5.69 Å². The summed E-state index contributed by atoms with van der Waals surface area (Å²) in [6, 6.07) is 6.97. The Morgan fingerprint density at radius 3 is 2.88 bits per heavy atom. The van der Waals surface area contributed by atoms with Gasteiger partial charge in [0.25, 0.3) is 5.91 Å². The highest BCUT2D eigenvalue weighted by atomic mass is 35.5. The molecule has 1 N–H and O–H groups in total. The van der Waals surface area contributed by atoms with Crippen molar-refractivity contribution in [1.82, 2.24) is 20.0 Å². The number of amides is 1. The van der Waals surface area contributed by atoms with Gasteiger partial charge in [-0.25, -0.2) is 9.78 Å². The summed E-state index contributed by atoms with van der Waals surface area (Å²) in [5, 5.41) is 13.4. The van der Waals surface area contributed by atoms with Crippen molar-refractivity contribution < 1.29 is 14.3 Å². The van der Waals surface area contributed by atoms with Gasteiger partial charge in [-0.1, -0.05) is 17.7 Å². The summed E-state index contributed by atoms with van der Waals surface area (Å²) in [5.74, 6) is -1.01. The summed E-state index contributed by atoms with van der Waals surface area (Å²) < 4.78 is 4.87. The molecular weight excluding hydrogens is 378 g/mol. The normalized spacial score (nSPS) is 10.6. The number of anilines is 1. The Balaban J connectivity index is 1.77. The number of hydrogen-bond donors (Lipinski definition) is 1. The number of carbonyl (C=O) groups excluding carboxylic acids is 2. The largest absolute Gasteiger partial charge is 0.461 e. The number of benzene rings is 1. The molecule has 0 saturated heterocycles. The number of halogens is 1. The Bertz CT molecular complexity index is 968. The minimum atomic E-state index is -0.535. The molecule has 10 heteroatoms. The molecule has 2 aromatic heterocycles. The van der Waals surface area contributed by atoms with Gasteiger partial charge in [0, 0.05) is 10.4 Å². The predicted molar refractivity (Wildman–Crippen MR) is 97.1 cm³/mol. The fourth-order valence-corrected chi connectivity index (χ4v) is 2.95. The van der Waals surface area contributed by atoms with Crippen LogP contribution in [-0.2, 0) is 4.74 Å². The summed E-state index contributed by atoms with van der Waals surface area (Å²) in [4.78, 5) is 29.5. The average molecular weight is 392 g/mol. The van der Waals surface area contributed by atoms with E-state index in [2.05, 4.69) is 20.5 Å². The molecule has 0 radical (unpaired) electrons. The lowest BCUT2D eigenvalue weighted by Crippen LogP contribution is -2.14. The highest BCUT2D eigenvalue weighted by Gasteiger charge is 2.19.